The van der Waals surface area contributed by atoms with Gasteiger partial charge in [-0.05, 0) is 12.5 Å². The Kier molecular flexibility index (Phi) is 4.32. The second-order valence-electron chi connectivity index (χ2n) is 8.73. The summed E-state index contributed by atoms with van der Waals surface area (Å²) in [4.78, 5) is 34.6. The van der Waals surface area contributed by atoms with Crippen molar-refractivity contribution in [2.75, 3.05) is 13.6 Å². The Morgan fingerprint density at radius 2 is 2.23 bits per heavy atom. The van der Waals surface area contributed by atoms with Gasteiger partial charge in [0.25, 0.3) is 0 Å². The molecule has 0 saturated carbocycles. The van der Waals surface area contributed by atoms with Gasteiger partial charge in [-0.15, -0.1) is 0 Å². The average molecular weight is 406 g/mol. The fraction of sp³-hybridized carbons (Fsp3) is 0.435. The van der Waals surface area contributed by atoms with Crippen molar-refractivity contribution in [2.45, 2.75) is 31.7 Å². The summed E-state index contributed by atoms with van der Waals surface area (Å²) in [6.45, 7) is 3.47. The van der Waals surface area contributed by atoms with Crippen LogP contribution in [0.15, 0.2) is 48.8 Å². The lowest BCUT2D eigenvalue weighted by Gasteiger charge is -2.27. The van der Waals surface area contributed by atoms with Crippen molar-refractivity contribution in [2.24, 2.45) is 18.9 Å². The molecule has 3 aliphatic heterocycles. The molecule has 0 aliphatic carbocycles. The normalized spacial score (nSPS) is 29.0. The number of rotatable bonds is 5. The topological polar surface area (TPSA) is 67.7 Å². The van der Waals surface area contributed by atoms with Crippen LogP contribution in [-0.4, -0.2) is 56.5 Å². The maximum absolute atomic E-state index is 13.4. The number of aromatic nitrogens is 2. The Morgan fingerprint density at radius 3 is 2.97 bits per heavy atom. The van der Waals surface area contributed by atoms with Crippen LogP contribution < -0.4 is 0 Å². The number of amides is 2. The molecule has 30 heavy (non-hydrogen) atoms. The van der Waals surface area contributed by atoms with Crippen LogP contribution in [-0.2, 0) is 34.5 Å². The summed E-state index contributed by atoms with van der Waals surface area (Å²) in [6.07, 6.45) is 7.19. The van der Waals surface area contributed by atoms with E-state index in [4.69, 9.17) is 4.74 Å². The fourth-order valence-electron chi connectivity index (χ4n) is 5.12. The number of carbonyl (C=O) groups excluding carboxylic acids is 2. The molecule has 2 saturated heterocycles. The highest BCUT2D eigenvalue weighted by atomic mass is 16.5. The summed E-state index contributed by atoms with van der Waals surface area (Å²) in [6, 6.07) is 8.17. The van der Waals surface area contributed by atoms with Crippen LogP contribution in [0.2, 0.25) is 0 Å². The number of hydrogen-bond acceptors (Lipinski definition) is 4. The fourth-order valence-corrected chi connectivity index (χ4v) is 5.12. The maximum Gasteiger partial charge on any atom is 0.230 e. The molecule has 2 amide bonds. The average Bonchev–Trinajstić information content (AvgIpc) is 3.44. The zero-order valence-corrected chi connectivity index (χ0v) is 17.5. The lowest BCUT2D eigenvalue weighted by atomic mass is 9.76. The molecule has 7 nitrogen and oxygen atoms in total. The monoisotopic (exact) mass is 406 g/mol. The van der Waals surface area contributed by atoms with Gasteiger partial charge in [-0.25, -0.2) is 4.98 Å². The molecule has 0 radical (unpaired) electrons. The van der Waals surface area contributed by atoms with E-state index in [0.29, 0.717) is 19.6 Å². The van der Waals surface area contributed by atoms with E-state index in [1.807, 2.05) is 60.0 Å². The molecule has 4 heterocycles. The summed E-state index contributed by atoms with van der Waals surface area (Å²) >= 11 is 0. The first-order valence-corrected chi connectivity index (χ1v) is 10.3. The molecule has 1 aromatic carbocycles. The van der Waals surface area contributed by atoms with Crippen LogP contribution in [0.5, 0.6) is 0 Å². The molecular formula is C23H26N4O3. The lowest BCUT2D eigenvalue weighted by molar-refractivity contribution is -0.143. The predicted molar refractivity (Wildman–Crippen MR) is 110 cm³/mol. The summed E-state index contributed by atoms with van der Waals surface area (Å²) in [5, 5.41) is 0. The van der Waals surface area contributed by atoms with Crippen molar-refractivity contribution in [3.05, 3.63) is 65.8 Å². The van der Waals surface area contributed by atoms with Crippen molar-refractivity contribution in [3.8, 4) is 0 Å². The van der Waals surface area contributed by atoms with Crippen LogP contribution in [0, 0.1) is 18.8 Å². The first-order chi connectivity index (χ1) is 14.4. The number of fused-ring (bicyclic) bond motifs is 1. The Balaban J connectivity index is 1.37. The molecule has 5 rings (SSSR count). The van der Waals surface area contributed by atoms with E-state index in [1.54, 1.807) is 18.1 Å². The SMILES string of the molecule is Cc1cccc(CN2C[C@]34C=C[C@H](O3)[C@@H](C(=O)N(C)Cc3nccn3C)[C@H]4C2=O)c1. The summed E-state index contributed by atoms with van der Waals surface area (Å²) in [7, 11) is 3.67. The van der Waals surface area contributed by atoms with E-state index < -0.39 is 17.4 Å². The third-order valence-electron chi connectivity index (χ3n) is 6.60. The zero-order chi connectivity index (χ0) is 21.0. The zero-order valence-electron chi connectivity index (χ0n) is 17.5. The number of aryl methyl sites for hydroxylation is 2. The molecule has 2 bridgehead atoms. The Hall–Kier alpha value is -2.93. The maximum atomic E-state index is 13.4. The first-order valence-electron chi connectivity index (χ1n) is 10.3. The number of hydrogen-bond donors (Lipinski definition) is 0. The highest BCUT2D eigenvalue weighted by Gasteiger charge is 2.67. The van der Waals surface area contributed by atoms with Crippen molar-refractivity contribution in [1.82, 2.24) is 19.4 Å². The van der Waals surface area contributed by atoms with Gasteiger partial charge >= 0.3 is 0 Å². The number of imidazole rings is 1. The number of nitrogens with zero attached hydrogens (tertiary/aromatic N) is 4. The summed E-state index contributed by atoms with van der Waals surface area (Å²) in [5.74, 6) is -0.208. The summed E-state index contributed by atoms with van der Waals surface area (Å²) in [5.41, 5.74) is 1.57. The third kappa shape index (κ3) is 2.88. The molecule has 7 heteroatoms. The van der Waals surface area contributed by atoms with Crippen LogP contribution in [0.1, 0.15) is 17.0 Å². The largest absolute Gasteiger partial charge is 0.360 e. The van der Waals surface area contributed by atoms with Crippen LogP contribution >= 0.6 is 0 Å². The van der Waals surface area contributed by atoms with Gasteiger partial charge in [0, 0.05) is 33.0 Å². The lowest BCUT2D eigenvalue weighted by Crippen LogP contribution is -2.44. The van der Waals surface area contributed by atoms with Crippen molar-refractivity contribution in [1.29, 1.82) is 0 Å². The molecule has 3 aliphatic rings. The quantitative estimate of drug-likeness (QED) is 0.709. The van der Waals surface area contributed by atoms with Crippen molar-refractivity contribution in [3.63, 3.8) is 0 Å². The van der Waals surface area contributed by atoms with Gasteiger partial charge in [0.05, 0.1) is 31.0 Å². The highest BCUT2D eigenvalue weighted by molar-refractivity contribution is 5.93. The molecule has 2 fully saturated rings. The molecule has 0 unspecified atom stereocenters. The second kappa shape index (κ2) is 6.80. The van der Waals surface area contributed by atoms with Gasteiger partial charge in [0.2, 0.25) is 11.8 Å². The number of benzene rings is 1. The molecule has 2 aromatic rings. The van der Waals surface area contributed by atoms with Crippen LogP contribution in [0.25, 0.3) is 0 Å². The Labute approximate surface area is 175 Å². The first kappa shape index (κ1) is 19.1. The molecular weight excluding hydrogens is 380 g/mol. The van der Waals surface area contributed by atoms with E-state index in [9.17, 15) is 9.59 Å². The van der Waals surface area contributed by atoms with Crippen molar-refractivity contribution >= 4 is 11.8 Å². The van der Waals surface area contributed by atoms with Gasteiger partial charge in [0.1, 0.15) is 11.4 Å². The smallest absolute Gasteiger partial charge is 0.230 e. The molecule has 0 N–H and O–H groups in total. The van der Waals surface area contributed by atoms with Crippen LogP contribution in [0.3, 0.4) is 0 Å². The summed E-state index contributed by atoms with van der Waals surface area (Å²) < 4.78 is 8.14. The molecule has 4 atom stereocenters. The number of likely N-dealkylation sites (tertiary alicyclic amines) is 1. The van der Waals surface area contributed by atoms with E-state index in [1.165, 1.54) is 5.56 Å². The van der Waals surface area contributed by atoms with Gasteiger partial charge in [-0.1, -0.05) is 42.0 Å². The molecule has 156 valence electrons. The van der Waals surface area contributed by atoms with E-state index >= 15 is 0 Å². The second-order valence-corrected chi connectivity index (χ2v) is 8.73. The van der Waals surface area contributed by atoms with Gasteiger partial charge in [0.15, 0.2) is 0 Å². The standard InChI is InChI=1S/C23H26N4O3/c1-15-5-4-6-16(11-15)12-27-14-23-8-7-17(30-23)19(20(23)22(27)29)21(28)26(3)13-18-24-9-10-25(18)2/h4-11,17,19-20H,12-14H2,1-3H3/t17-,19+,20-,23-/m0/s1. The minimum atomic E-state index is -0.685. The van der Waals surface area contributed by atoms with E-state index in [2.05, 4.69) is 11.1 Å². The minimum absolute atomic E-state index is 0.00657. The third-order valence-corrected chi connectivity index (χ3v) is 6.60. The minimum Gasteiger partial charge on any atom is -0.360 e. The van der Waals surface area contributed by atoms with Crippen LogP contribution in [0.4, 0.5) is 0 Å². The van der Waals surface area contributed by atoms with Gasteiger partial charge < -0.3 is 19.1 Å². The van der Waals surface area contributed by atoms with Crippen molar-refractivity contribution < 1.29 is 14.3 Å². The molecule has 1 aromatic heterocycles. The number of ether oxygens (including phenoxy) is 1. The highest BCUT2D eigenvalue weighted by Crippen LogP contribution is 2.52. The number of carbonyl (C=O) groups is 2. The Bertz CT molecular complexity index is 1040. The van der Waals surface area contributed by atoms with E-state index in [0.717, 1.165) is 11.4 Å². The molecule has 1 spiro atoms. The predicted octanol–water partition coefficient (Wildman–Crippen LogP) is 1.67. The van der Waals surface area contributed by atoms with Gasteiger partial charge in [-0.3, -0.25) is 9.59 Å². The van der Waals surface area contributed by atoms with Gasteiger partial charge in [-0.2, -0.15) is 0 Å². The Morgan fingerprint density at radius 1 is 1.40 bits per heavy atom. The van der Waals surface area contributed by atoms with E-state index in [-0.39, 0.29) is 17.9 Å².